The first-order valence-corrected chi connectivity index (χ1v) is 14.7. The number of nitrogens with zero attached hydrogens (tertiary/aromatic N) is 5. The number of fused-ring (bicyclic) bond motifs is 1. The molecule has 2 N–H and O–H groups in total. The van der Waals surface area contributed by atoms with Crippen molar-refractivity contribution in [1.29, 1.82) is 0 Å². The molecule has 14 heteroatoms. The van der Waals surface area contributed by atoms with E-state index in [1.807, 2.05) is 4.57 Å². The second-order valence-electron chi connectivity index (χ2n) is 11.9. The van der Waals surface area contributed by atoms with Crippen LogP contribution in [0.3, 0.4) is 0 Å². The normalized spacial score (nSPS) is 24.8. The Morgan fingerprint density at radius 1 is 1.24 bits per heavy atom. The van der Waals surface area contributed by atoms with Crippen LogP contribution in [0.5, 0.6) is 0 Å². The van der Waals surface area contributed by atoms with Crippen molar-refractivity contribution in [2.24, 2.45) is 24.3 Å². The molecular formula is C27H29F4N7O2S. The lowest BCUT2D eigenvalue weighted by molar-refractivity contribution is -0.119. The second-order valence-corrected chi connectivity index (χ2v) is 13.1. The molecule has 1 spiro atoms. The van der Waals surface area contributed by atoms with E-state index in [0.29, 0.717) is 41.5 Å². The molecule has 0 aliphatic heterocycles. The smallest absolute Gasteiger partial charge is 0.282 e. The average Bonchev–Trinajstić information content (AvgIpc) is 3.83. The predicted octanol–water partition coefficient (Wildman–Crippen LogP) is 4.78. The number of aromatic nitrogens is 5. The van der Waals surface area contributed by atoms with Gasteiger partial charge in [0.25, 0.3) is 18.3 Å². The van der Waals surface area contributed by atoms with E-state index in [1.165, 1.54) is 22.1 Å². The zero-order chi connectivity index (χ0) is 28.7. The van der Waals surface area contributed by atoms with Crippen molar-refractivity contribution < 1.29 is 27.2 Å². The Hall–Kier alpha value is -3.29. The maximum Gasteiger partial charge on any atom is 0.282 e. The molecule has 4 aliphatic rings. The van der Waals surface area contributed by atoms with Gasteiger partial charge in [-0.2, -0.15) is 5.10 Å². The second kappa shape index (κ2) is 9.36. The molecule has 3 aromatic heterocycles. The highest BCUT2D eigenvalue weighted by molar-refractivity contribution is 7.12. The Morgan fingerprint density at radius 3 is 2.68 bits per heavy atom. The van der Waals surface area contributed by atoms with Crippen LogP contribution in [-0.4, -0.2) is 48.7 Å². The Morgan fingerprint density at radius 2 is 2.02 bits per heavy atom. The van der Waals surface area contributed by atoms with Crippen molar-refractivity contribution in [3.63, 3.8) is 0 Å². The molecule has 0 bridgehead atoms. The summed E-state index contributed by atoms with van der Waals surface area (Å²) >= 11 is 1.48. The maximum atomic E-state index is 13.5. The summed E-state index contributed by atoms with van der Waals surface area (Å²) in [7, 11) is 1.55. The third-order valence-electron chi connectivity index (χ3n) is 9.13. The van der Waals surface area contributed by atoms with Crippen LogP contribution in [0.1, 0.15) is 75.9 Å². The van der Waals surface area contributed by atoms with Gasteiger partial charge in [-0.3, -0.25) is 18.8 Å². The fourth-order valence-electron chi connectivity index (χ4n) is 6.27. The van der Waals surface area contributed by atoms with E-state index in [0.717, 1.165) is 29.7 Å². The molecular weight excluding hydrogens is 562 g/mol. The van der Waals surface area contributed by atoms with E-state index >= 15 is 0 Å². The summed E-state index contributed by atoms with van der Waals surface area (Å²) in [5.74, 6) is -3.11. The van der Waals surface area contributed by atoms with E-state index in [-0.39, 0.29) is 48.2 Å². The lowest BCUT2D eigenvalue weighted by Gasteiger charge is -2.25. The molecule has 3 saturated carbocycles. The minimum absolute atomic E-state index is 0.0682. The number of alkyl halides is 4. The van der Waals surface area contributed by atoms with Crippen molar-refractivity contribution in [3.8, 4) is 0 Å². The van der Waals surface area contributed by atoms with E-state index in [9.17, 15) is 27.2 Å². The van der Waals surface area contributed by atoms with Crippen LogP contribution in [0.15, 0.2) is 12.4 Å². The van der Waals surface area contributed by atoms with Crippen molar-refractivity contribution in [1.82, 2.24) is 29.9 Å². The third-order valence-corrected chi connectivity index (χ3v) is 10.4. The molecule has 3 atom stereocenters. The summed E-state index contributed by atoms with van der Waals surface area (Å²) in [5.41, 5.74) is 1.11. The molecule has 9 nitrogen and oxygen atoms in total. The van der Waals surface area contributed by atoms with Crippen molar-refractivity contribution in [2.75, 3.05) is 11.9 Å². The molecule has 1 amide bonds. The molecule has 3 aromatic rings. The van der Waals surface area contributed by atoms with Crippen LogP contribution >= 0.6 is 11.3 Å². The minimum atomic E-state index is -2.74. The number of anilines is 2. The number of rotatable bonds is 10. The van der Waals surface area contributed by atoms with Gasteiger partial charge in [0.1, 0.15) is 23.6 Å². The van der Waals surface area contributed by atoms with Gasteiger partial charge in [0.15, 0.2) is 0 Å². The number of halogens is 4. The molecule has 0 aromatic carbocycles. The molecule has 41 heavy (non-hydrogen) atoms. The number of carbonyl (C=O) groups is 2. The van der Waals surface area contributed by atoms with Crippen molar-refractivity contribution >= 4 is 34.8 Å². The molecule has 7 rings (SSSR count). The molecule has 3 heterocycles. The summed E-state index contributed by atoms with van der Waals surface area (Å²) in [6.45, 7) is -0.107. The number of hydrogen-bond acceptors (Lipinski definition) is 7. The first kappa shape index (κ1) is 26.6. The van der Waals surface area contributed by atoms with Gasteiger partial charge >= 0.3 is 0 Å². The number of carbonyl (C=O) groups excluding carboxylic acids is 2. The van der Waals surface area contributed by atoms with Gasteiger partial charge in [0.05, 0.1) is 5.56 Å². The maximum absolute atomic E-state index is 13.5. The van der Waals surface area contributed by atoms with E-state index < -0.39 is 24.2 Å². The summed E-state index contributed by atoms with van der Waals surface area (Å²) < 4.78 is 56.4. The van der Waals surface area contributed by atoms with Gasteiger partial charge in [0, 0.05) is 60.1 Å². The number of aryl methyl sites for hydroxylation is 2. The van der Waals surface area contributed by atoms with Gasteiger partial charge < -0.3 is 10.6 Å². The molecule has 3 fully saturated rings. The summed E-state index contributed by atoms with van der Waals surface area (Å²) in [4.78, 5) is 28.3. The third kappa shape index (κ3) is 4.83. The Bertz CT molecular complexity index is 1540. The lowest BCUT2D eigenvalue weighted by atomic mass is 9.89. The molecule has 0 unspecified atom stereocenters. The van der Waals surface area contributed by atoms with E-state index in [1.54, 1.807) is 13.4 Å². The predicted molar refractivity (Wildman–Crippen MR) is 141 cm³/mol. The van der Waals surface area contributed by atoms with Gasteiger partial charge in [-0.25, -0.2) is 17.6 Å². The number of Topliss-reactive ketones (excluding diaryl/α,β-unsaturated/α-hetero) is 1. The fraction of sp³-hybridized carbons (Fsp3) is 0.593. The first-order chi connectivity index (χ1) is 19.5. The standard InChI is InChI=1S/C27H29F4N7O2S/c1-37-21(7-17(36-37)23(28)29)34-25-35-33-12-38(25)14-2-3-19-15(6-14)22(24(40)32-11-13-9-27(13,30)31)20(41-19)8-18(39)16-10-26(16)4-5-26/h7,12-14,16,23H,2-6,8-11H2,1H3,(H,32,40)(H,34,35)/t13-,14-,16+/m0/s1. The highest BCUT2D eigenvalue weighted by Gasteiger charge is 2.65. The van der Waals surface area contributed by atoms with Gasteiger partial charge in [-0.1, -0.05) is 0 Å². The zero-order valence-electron chi connectivity index (χ0n) is 22.3. The highest BCUT2D eigenvalue weighted by atomic mass is 32.1. The number of hydrogen-bond donors (Lipinski definition) is 2. The number of nitrogens with one attached hydrogen (secondary N) is 2. The van der Waals surface area contributed by atoms with Crippen molar-refractivity contribution in [2.45, 2.75) is 69.8 Å². The Balaban J connectivity index is 1.14. The fourth-order valence-corrected chi connectivity index (χ4v) is 7.63. The van der Waals surface area contributed by atoms with Crippen molar-refractivity contribution in [3.05, 3.63) is 39.0 Å². The summed E-state index contributed by atoms with van der Waals surface area (Å²) in [5, 5.41) is 17.7. The Labute approximate surface area is 236 Å². The largest absolute Gasteiger partial charge is 0.351 e. The lowest BCUT2D eigenvalue weighted by Crippen LogP contribution is -2.29. The van der Waals surface area contributed by atoms with Crippen LogP contribution in [0.25, 0.3) is 0 Å². The minimum Gasteiger partial charge on any atom is -0.351 e. The molecule has 4 aliphatic carbocycles. The van der Waals surface area contributed by atoms with Crippen LogP contribution in [0.4, 0.5) is 29.3 Å². The topological polar surface area (TPSA) is 107 Å². The quantitative estimate of drug-likeness (QED) is 0.329. The number of ketones is 1. The van der Waals surface area contributed by atoms with E-state index in [2.05, 4.69) is 25.9 Å². The first-order valence-electron chi connectivity index (χ1n) is 13.9. The highest BCUT2D eigenvalue weighted by Crippen LogP contribution is 2.71. The van der Waals surface area contributed by atoms with E-state index in [4.69, 9.17) is 0 Å². The van der Waals surface area contributed by atoms with Crippen LogP contribution in [-0.2, 0) is 31.1 Å². The van der Waals surface area contributed by atoms with Crippen LogP contribution < -0.4 is 10.6 Å². The monoisotopic (exact) mass is 591 g/mol. The Kier molecular flexibility index (Phi) is 6.07. The molecule has 0 saturated heterocycles. The van der Waals surface area contributed by atoms with Gasteiger partial charge in [0.2, 0.25) is 5.95 Å². The number of thiophene rings is 1. The summed E-state index contributed by atoms with van der Waals surface area (Å²) in [6.07, 6.45) is 3.72. The van der Waals surface area contributed by atoms with Gasteiger partial charge in [-0.15, -0.1) is 21.5 Å². The molecule has 218 valence electrons. The molecule has 0 radical (unpaired) electrons. The summed E-state index contributed by atoms with van der Waals surface area (Å²) in [6, 6.07) is 1.10. The SMILES string of the molecule is Cn1nc(C(F)F)cc1Nc1nncn1[C@H]1CCc2sc(CC(=O)[C@H]3CC34CC4)c(C(=O)NC[C@@H]3CC3(F)F)c2C1. The van der Waals surface area contributed by atoms with Gasteiger partial charge in [-0.05, 0) is 49.5 Å². The van der Waals surface area contributed by atoms with Crippen LogP contribution in [0.2, 0.25) is 0 Å². The number of amides is 1. The average molecular weight is 592 g/mol. The zero-order valence-corrected chi connectivity index (χ0v) is 23.1. The van der Waals surface area contributed by atoms with Crippen LogP contribution in [0, 0.1) is 17.3 Å².